The molecule has 0 spiro atoms. The Morgan fingerprint density at radius 2 is 1.93 bits per heavy atom. The summed E-state index contributed by atoms with van der Waals surface area (Å²) in [5, 5.41) is 2.85. The first kappa shape index (κ1) is 18.4. The number of aromatic nitrogens is 1. The molecule has 2 aromatic carbocycles. The number of nitrogens with zero attached hydrogens (tertiary/aromatic N) is 2. The van der Waals surface area contributed by atoms with E-state index in [1.165, 1.54) is 0 Å². The minimum Gasteiger partial charge on any atom is -0.383 e. The summed E-state index contributed by atoms with van der Waals surface area (Å²) in [4.78, 5) is 24.0. The topological polar surface area (TPSA) is 63.6 Å². The molecule has 1 aromatic heterocycles. The van der Waals surface area contributed by atoms with E-state index in [4.69, 9.17) is 9.73 Å². The van der Waals surface area contributed by atoms with Crippen LogP contribution in [0.1, 0.15) is 21.6 Å². The van der Waals surface area contributed by atoms with Crippen molar-refractivity contribution in [2.24, 2.45) is 4.99 Å². The molecule has 0 saturated carbocycles. The zero-order chi connectivity index (χ0) is 19.3. The summed E-state index contributed by atoms with van der Waals surface area (Å²) < 4.78 is 4.99. The Morgan fingerprint density at radius 1 is 1.07 bits per heavy atom. The van der Waals surface area contributed by atoms with Crippen molar-refractivity contribution in [3.05, 3.63) is 83.7 Å². The Labute approximate surface area is 167 Å². The van der Waals surface area contributed by atoms with Crippen LogP contribution in [0.5, 0.6) is 0 Å². The molecule has 4 rings (SSSR count). The Hall–Kier alpha value is -2.96. The number of fused-ring (bicyclic) bond motifs is 2. The molecule has 6 heteroatoms. The van der Waals surface area contributed by atoms with Crippen molar-refractivity contribution in [3.8, 4) is 0 Å². The van der Waals surface area contributed by atoms with E-state index in [0.29, 0.717) is 18.7 Å². The molecule has 1 amide bonds. The zero-order valence-electron chi connectivity index (χ0n) is 15.4. The second kappa shape index (κ2) is 8.37. The molecule has 0 aliphatic carbocycles. The quantitative estimate of drug-likeness (QED) is 0.522. The van der Waals surface area contributed by atoms with Gasteiger partial charge in [-0.25, -0.2) is 4.99 Å². The number of benzene rings is 2. The highest BCUT2D eigenvalue weighted by Gasteiger charge is 2.20. The van der Waals surface area contributed by atoms with Gasteiger partial charge in [-0.1, -0.05) is 36.0 Å². The lowest BCUT2D eigenvalue weighted by Crippen LogP contribution is -2.26. The maximum Gasteiger partial charge on any atom is 0.251 e. The number of pyridine rings is 1. The second-order valence-electron chi connectivity index (χ2n) is 6.20. The lowest BCUT2D eigenvalue weighted by molar-refractivity contribution is 0.0937. The Bertz CT molecular complexity index is 1030. The molecule has 0 saturated heterocycles. The predicted molar refractivity (Wildman–Crippen MR) is 111 cm³/mol. The third-order valence-corrected chi connectivity index (χ3v) is 5.46. The van der Waals surface area contributed by atoms with Crippen molar-refractivity contribution in [1.29, 1.82) is 0 Å². The van der Waals surface area contributed by atoms with E-state index in [1.54, 1.807) is 25.1 Å². The van der Waals surface area contributed by atoms with Gasteiger partial charge in [0.1, 0.15) is 0 Å². The molecule has 1 aliphatic rings. The second-order valence-corrected chi connectivity index (χ2v) is 7.29. The van der Waals surface area contributed by atoms with E-state index in [-0.39, 0.29) is 5.91 Å². The van der Waals surface area contributed by atoms with Gasteiger partial charge in [0.05, 0.1) is 23.7 Å². The summed E-state index contributed by atoms with van der Waals surface area (Å²) in [5.41, 5.74) is 3.98. The fourth-order valence-corrected chi connectivity index (χ4v) is 3.95. The lowest BCUT2D eigenvalue weighted by atomic mass is 10.1. The molecule has 140 valence electrons. The molecule has 0 unspecified atom stereocenters. The Morgan fingerprint density at radius 3 is 2.75 bits per heavy atom. The average molecular weight is 389 g/mol. The number of rotatable bonds is 5. The molecule has 0 bridgehead atoms. The van der Waals surface area contributed by atoms with Crippen molar-refractivity contribution in [1.82, 2.24) is 10.3 Å². The molecule has 28 heavy (non-hydrogen) atoms. The molecule has 0 atom stereocenters. The van der Waals surface area contributed by atoms with Gasteiger partial charge in [0.2, 0.25) is 0 Å². The summed E-state index contributed by atoms with van der Waals surface area (Å²) in [6.45, 7) is 0.943. The van der Waals surface area contributed by atoms with Crippen LogP contribution in [-0.4, -0.2) is 36.9 Å². The minimum atomic E-state index is -0.138. The van der Waals surface area contributed by atoms with E-state index in [9.17, 15) is 4.79 Å². The number of methoxy groups -OCH3 is 1. The summed E-state index contributed by atoms with van der Waals surface area (Å²) in [6.07, 6.45) is 1.76. The highest BCUT2D eigenvalue weighted by molar-refractivity contribution is 7.99. The van der Waals surface area contributed by atoms with Gasteiger partial charge in [-0.3, -0.25) is 9.78 Å². The number of carbonyl (C=O) groups excluding carboxylic acids is 1. The van der Waals surface area contributed by atoms with Gasteiger partial charge in [-0.05, 0) is 36.4 Å². The monoisotopic (exact) mass is 389 g/mol. The number of hydrogen-bond donors (Lipinski definition) is 1. The number of amides is 1. The van der Waals surface area contributed by atoms with Crippen LogP contribution in [0.25, 0.3) is 0 Å². The van der Waals surface area contributed by atoms with Gasteiger partial charge < -0.3 is 10.1 Å². The fourth-order valence-electron chi connectivity index (χ4n) is 2.95. The zero-order valence-corrected chi connectivity index (χ0v) is 16.2. The van der Waals surface area contributed by atoms with E-state index >= 15 is 0 Å². The third-order valence-electron chi connectivity index (χ3n) is 4.31. The van der Waals surface area contributed by atoms with Crippen LogP contribution in [0.2, 0.25) is 0 Å². The van der Waals surface area contributed by atoms with Crippen molar-refractivity contribution in [3.63, 3.8) is 0 Å². The Kier molecular flexibility index (Phi) is 5.50. The highest BCUT2D eigenvalue weighted by atomic mass is 32.2. The van der Waals surface area contributed by atoms with E-state index in [2.05, 4.69) is 22.4 Å². The maximum atomic E-state index is 12.4. The molecule has 0 fully saturated rings. The number of hydrogen-bond acceptors (Lipinski definition) is 5. The first-order valence-electron chi connectivity index (χ1n) is 8.95. The summed E-state index contributed by atoms with van der Waals surface area (Å²) >= 11 is 1.65. The lowest BCUT2D eigenvalue weighted by Gasteiger charge is -2.08. The molecule has 2 heterocycles. The van der Waals surface area contributed by atoms with Gasteiger partial charge in [0.15, 0.2) is 0 Å². The van der Waals surface area contributed by atoms with E-state index in [0.717, 1.165) is 32.4 Å². The first-order chi connectivity index (χ1) is 13.8. The molecule has 1 aliphatic heterocycles. The van der Waals surface area contributed by atoms with Crippen LogP contribution in [0.4, 0.5) is 5.69 Å². The number of aliphatic imine (C=N–C) groups is 1. The molecule has 3 aromatic rings. The minimum absolute atomic E-state index is 0.138. The highest BCUT2D eigenvalue weighted by Crippen LogP contribution is 2.41. The summed E-state index contributed by atoms with van der Waals surface area (Å²) in [7, 11) is 1.61. The van der Waals surface area contributed by atoms with Crippen LogP contribution < -0.4 is 5.32 Å². The maximum absolute atomic E-state index is 12.4. The Balaban J connectivity index is 1.78. The van der Waals surface area contributed by atoms with Crippen LogP contribution >= 0.6 is 11.8 Å². The van der Waals surface area contributed by atoms with E-state index in [1.807, 2.05) is 48.5 Å². The predicted octanol–water partition coefficient (Wildman–Crippen LogP) is 4.09. The van der Waals surface area contributed by atoms with Crippen molar-refractivity contribution < 1.29 is 9.53 Å². The summed E-state index contributed by atoms with van der Waals surface area (Å²) in [5.74, 6) is -0.138. The van der Waals surface area contributed by atoms with Crippen LogP contribution in [0.15, 0.2) is 81.6 Å². The van der Waals surface area contributed by atoms with Crippen LogP contribution in [0, 0.1) is 0 Å². The van der Waals surface area contributed by atoms with Crippen LogP contribution in [0.3, 0.4) is 0 Å². The number of carbonyl (C=O) groups is 1. The van der Waals surface area contributed by atoms with Crippen LogP contribution in [-0.2, 0) is 4.74 Å². The molecule has 0 radical (unpaired) electrons. The standard InChI is InChI=1S/C22H19N3O2S/c1-27-13-12-24-22(26)15-9-10-20-18(14-15)25-21(17-7-4-5-11-23-17)16-6-2-3-8-19(16)28-20/h2-11,14H,12-13H2,1H3,(H,24,26). The third kappa shape index (κ3) is 3.83. The number of ether oxygens (including phenoxy) is 1. The van der Waals surface area contributed by atoms with Gasteiger partial charge in [-0.2, -0.15) is 0 Å². The molecule has 5 nitrogen and oxygen atoms in total. The van der Waals surface area contributed by atoms with Gasteiger partial charge in [0.25, 0.3) is 5.91 Å². The average Bonchev–Trinajstić information content (AvgIpc) is 2.90. The molecular weight excluding hydrogens is 370 g/mol. The largest absolute Gasteiger partial charge is 0.383 e. The normalized spacial score (nSPS) is 12.4. The molecule has 1 N–H and O–H groups in total. The summed E-state index contributed by atoms with van der Waals surface area (Å²) in [6, 6.07) is 19.6. The van der Waals surface area contributed by atoms with E-state index < -0.39 is 0 Å². The fraction of sp³-hybridized carbons (Fsp3) is 0.136. The van der Waals surface area contributed by atoms with Gasteiger partial charge in [-0.15, -0.1) is 0 Å². The van der Waals surface area contributed by atoms with Crippen molar-refractivity contribution in [2.75, 3.05) is 20.3 Å². The molecular formula is C22H19N3O2S. The van der Waals surface area contributed by atoms with Crippen molar-refractivity contribution >= 4 is 29.1 Å². The van der Waals surface area contributed by atoms with Gasteiger partial charge >= 0.3 is 0 Å². The number of nitrogens with one attached hydrogen (secondary N) is 1. The van der Waals surface area contributed by atoms with Crippen molar-refractivity contribution in [2.45, 2.75) is 9.79 Å². The SMILES string of the molecule is COCCNC(=O)c1ccc2c(c1)N=C(c1ccccn1)c1ccccc1S2. The smallest absolute Gasteiger partial charge is 0.251 e. The van der Waals surface area contributed by atoms with Gasteiger partial charge in [0, 0.05) is 40.8 Å². The first-order valence-corrected chi connectivity index (χ1v) is 9.76.